The lowest BCUT2D eigenvalue weighted by Gasteiger charge is -2.46. The van der Waals surface area contributed by atoms with E-state index in [1.165, 1.54) is 88.5 Å². The Kier molecular flexibility index (Phi) is 7.59. The molecule has 0 spiro atoms. The van der Waals surface area contributed by atoms with Crippen molar-refractivity contribution in [3.05, 3.63) is 287 Å². The molecule has 65 heavy (non-hydrogen) atoms. The van der Waals surface area contributed by atoms with Crippen LogP contribution in [0, 0.1) is 0 Å². The molecular weight excluding hydrogens is 785 g/mol. The van der Waals surface area contributed by atoms with Crippen molar-refractivity contribution < 1.29 is 4.42 Å². The summed E-state index contributed by atoms with van der Waals surface area (Å²) in [4.78, 5) is 0. The first kappa shape index (κ1) is 36.2. The van der Waals surface area contributed by atoms with Gasteiger partial charge in [-0.05, 0) is 112 Å². The summed E-state index contributed by atoms with van der Waals surface area (Å²) in [6.07, 6.45) is 0. The first-order valence-corrected chi connectivity index (χ1v) is 22.7. The molecule has 0 bridgehead atoms. The molecule has 0 aliphatic heterocycles. The molecule has 0 fully saturated rings. The number of hydrogen-bond acceptors (Lipinski definition) is 1. The fourth-order valence-electron chi connectivity index (χ4n) is 12.3. The molecule has 302 valence electrons. The van der Waals surface area contributed by atoms with Crippen LogP contribution in [0.1, 0.15) is 44.5 Å². The normalized spacial score (nSPS) is 14.1. The summed E-state index contributed by atoms with van der Waals surface area (Å²) >= 11 is 0. The van der Waals surface area contributed by atoms with Crippen LogP contribution in [-0.2, 0) is 10.8 Å². The standard InChI is InChI=1S/C64H40O/c1-5-19-43(20-6-1)63(44-21-7-2-8-22-44)54-30-16-15-28-49(54)50-35-36-51-53-40-42(47-29-17-31-58-59(47)52-34-32-41-18-13-14-27-48(41)62(52)65-58)33-37-55(53)64(45-23-9-3-10-24-45,46-25-11-4-12-26-46)57-39-38-56(63)60(50)61(51)57/h1-40H. The van der Waals surface area contributed by atoms with Crippen molar-refractivity contribution in [3.8, 4) is 33.4 Å². The zero-order chi connectivity index (χ0) is 42.7. The van der Waals surface area contributed by atoms with E-state index in [-0.39, 0.29) is 0 Å². The summed E-state index contributed by atoms with van der Waals surface area (Å²) < 4.78 is 6.75. The lowest BCUT2D eigenvalue weighted by molar-refractivity contribution is 0.673. The molecule has 1 heterocycles. The van der Waals surface area contributed by atoms with E-state index in [1.54, 1.807) is 0 Å². The Bertz CT molecular complexity index is 3780. The highest BCUT2D eigenvalue weighted by atomic mass is 16.3. The quantitative estimate of drug-likeness (QED) is 0.168. The fourth-order valence-corrected chi connectivity index (χ4v) is 12.3. The van der Waals surface area contributed by atoms with Crippen LogP contribution >= 0.6 is 0 Å². The average Bonchev–Trinajstić information content (AvgIpc) is 3.78. The first-order valence-electron chi connectivity index (χ1n) is 22.7. The minimum atomic E-state index is -0.632. The van der Waals surface area contributed by atoms with Gasteiger partial charge >= 0.3 is 0 Å². The van der Waals surface area contributed by atoms with Crippen LogP contribution in [-0.4, -0.2) is 0 Å². The largest absolute Gasteiger partial charge is 0.455 e. The summed E-state index contributed by atoms with van der Waals surface area (Å²) in [5.41, 5.74) is 18.2. The SMILES string of the molecule is c1ccc(C2(c3ccccc3)c3ccccc3-c3ccc4c5c(ccc2c35)C(c2ccccc2)(c2ccccc2)c2ccc(-c3cccc5oc6c7ccccc7ccc6c35)cc2-4)cc1. The van der Waals surface area contributed by atoms with Crippen LogP contribution in [0.3, 0.4) is 0 Å². The Labute approximate surface area is 377 Å². The summed E-state index contributed by atoms with van der Waals surface area (Å²) in [7, 11) is 0. The molecule has 0 unspecified atom stereocenters. The van der Waals surface area contributed by atoms with Gasteiger partial charge in [-0.25, -0.2) is 0 Å². The van der Waals surface area contributed by atoms with Crippen molar-refractivity contribution >= 4 is 43.5 Å². The van der Waals surface area contributed by atoms with Crippen molar-refractivity contribution in [1.29, 1.82) is 0 Å². The average molecular weight is 825 g/mol. The predicted molar refractivity (Wildman–Crippen MR) is 269 cm³/mol. The highest BCUT2D eigenvalue weighted by Crippen LogP contribution is 2.62. The van der Waals surface area contributed by atoms with Gasteiger partial charge in [-0.15, -0.1) is 0 Å². The molecule has 1 heteroatoms. The topological polar surface area (TPSA) is 13.1 Å². The maximum atomic E-state index is 6.75. The van der Waals surface area contributed by atoms with Crippen LogP contribution in [0.15, 0.2) is 247 Å². The van der Waals surface area contributed by atoms with E-state index >= 15 is 0 Å². The highest BCUT2D eigenvalue weighted by Gasteiger charge is 2.49. The zero-order valence-corrected chi connectivity index (χ0v) is 35.5. The van der Waals surface area contributed by atoms with Gasteiger partial charge < -0.3 is 4.42 Å². The zero-order valence-electron chi connectivity index (χ0n) is 35.5. The smallest absolute Gasteiger partial charge is 0.143 e. The Morgan fingerprint density at radius 3 is 1.38 bits per heavy atom. The second kappa shape index (κ2) is 13.6. The van der Waals surface area contributed by atoms with Crippen LogP contribution in [0.5, 0.6) is 0 Å². The van der Waals surface area contributed by atoms with E-state index in [1.807, 2.05) is 0 Å². The maximum Gasteiger partial charge on any atom is 0.143 e. The van der Waals surface area contributed by atoms with Gasteiger partial charge in [0.1, 0.15) is 11.2 Å². The summed E-state index contributed by atoms with van der Waals surface area (Å²) in [6, 6.07) is 90.5. The maximum absolute atomic E-state index is 6.75. The molecule has 2 aliphatic carbocycles. The molecule has 11 aromatic carbocycles. The second-order valence-electron chi connectivity index (χ2n) is 17.8. The van der Waals surface area contributed by atoms with Crippen molar-refractivity contribution in [2.24, 2.45) is 0 Å². The third-order valence-corrected chi connectivity index (χ3v) is 14.8. The van der Waals surface area contributed by atoms with Gasteiger partial charge in [0.25, 0.3) is 0 Å². The number of rotatable bonds is 5. The molecule has 12 aromatic rings. The Hall–Kier alpha value is -8.26. The number of hydrogen-bond donors (Lipinski definition) is 0. The third kappa shape index (κ3) is 4.77. The van der Waals surface area contributed by atoms with Crippen LogP contribution in [0.25, 0.3) is 76.9 Å². The van der Waals surface area contributed by atoms with E-state index in [9.17, 15) is 0 Å². The Balaban J connectivity index is 1.15. The van der Waals surface area contributed by atoms with Crippen molar-refractivity contribution in [2.75, 3.05) is 0 Å². The fraction of sp³-hybridized carbons (Fsp3) is 0.0312. The van der Waals surface area contributed by atoms with E-state index in [0.29, 0.717) is 0 Å². The minimum Gasteiger partial charge on any atom is -0.455 e. The van der Waals surface area contributed by atoms with Gasteiger partial charge in [-0.3, -0.25) is 0 Å². The number of furan rings is 1. The predicted octanol–water partition coefficient (Wildman–Crippen LogP) is 16.3. The number of fused-ring (bicyclic) bond motifs is 9. The first-order chi connectivity index (χ1) is 32.3. The lowest BCUT2D eigenvalue weighted by atomic mass is 9.55. The van der Waals surface area contributed by atoms with Crippen LogP contribution < -0.4 is 0 Å². The van der Waals surface area contributed by atoms with Crippen LogP contribution in [0.2, 0.25) is 0 Å². The molecule has 0 saturated carbocycles. The third-order valence-electron chi connectivity index (χ3n) is 14.8. The monoisotopic (exact) mass is 824 g/mol. The summed E-state index contributed by atoms with van der Waals surface area (Å²) in [5.74, 6) is 0. The summed E-state index contributed by atoms with van der Waals surface area (Å²) in [5, 5.41) is 7.21. The van der Waals surface area contributed by atoms with Crippen LogP contribution in [0.4, 0.5) is 0 Å². The molecular formula is C64H40O. The molecule has 2 aliphatic rings. The van der Waals surface area contributed by atoms with E-state index in [4.69, 9.17) is 4.42 Å². The Morgan fingerprint density at radius 1 is 0.277 bits per heavy atom. The van der Waals surface area contributed by atoms with E-state index < -0.39 is 10.8 Å². The number of benzene rings is 11. The van der Waals surface area contributed by atoms with Gasteiger partial charge in [0.15, 0.2) is 0 Å². The second-order valence-corrected chi connectivity index (χ2v) is 17.8. The lowest BCUT2D eigenvalue weighted by Crippen LogP contribution is -2.36. The van der Waals surface area contributed by atoms with Crippen molar-refractivity contribution in [3.63, 3.8) is 0 Å². The van der Waals surface area contributed by atoms with Gasteiger partial charge in [0, 0.05) is 16.2 Å². The minimum absolute atomic E-state index is 0.574. The van der Waals surface area contributed by atoms with E-state index in [0.717, 1.165) is 32.9 Å². The van der Waals surface area contributed by atoms with Gasteiger partial charge in [0.2, 0.25) is 0 Å². The Morgan fingerprint density at radius 2 is 0.769 bits per heavy atom. The summed E-state index contributed by atoms with van der Waals surface area (Å²) in [6.45, 7) is 0. The van der Waals surface area contributed by atoms with Gasteiger partial charge in [-0.2, -0.15) is 0 Å². The molecule has 0 radical (unpaired) electrons. The van der Waals surface area contributed by atoms with Crippen molar-refractivity contribution in [1.82, 2.24) is 0 Å². The molecule has 0 saturated heterocycles. The molecule has 0 atom stereocenters. The molecule has 1 aromatic heterocycles. The molecule has 14 rings (SSSR count). The molecule has 1 nitrogen and oxygen atoms in total. The van der Waals surface area contributed by atoms with Gasteiger partial charge in [0.05, 0.1) is 10.8 Å². The molecule has 0 N–H and O–H groups in total. The molecule has 0 amide bonds. The van der Waals surface area contributed by atoms with E-state index in [2.05, 4.69) is 243 Å². The highest BCUT2D eigenvalue weighted by molar-refractivity contribution is 6.20. The van der Waals surface area contributed by atoms with Gasteiger partial charge in [-0.1, -0.05) is 224 Å². The van der Waals surface area contributed by atoms with Crippen molar-refractivity contribution in [2.45, 2.75) is 10.8 Å².